The molecule has 0 bridgehead atoms. The molecule has 0 saturated carbocycles. The smallest absolute Gasteiger partial charge is 0.224 e. The molecule has 1 aromatic heterocycles. The van der Waals surface area contributed by atoms with Crippen molar-refractivity contribution in [3.8, 4) is 0 Å². The van der Waals surface area contributed by atoms with Crippen molar-refractivity contribution < 1.29 is 4.79 Å². The summed E-state index contributed by atoms with van der Waals surface area (Å²) in [6.45, 7) is 4.06. The Morgan fingerprint density at radius 1 is 1.10 bits per heavy atom. The lowest BCUT2D eigenvalue weighted by Crippen LogP contribution is -2.12. The number of rotatable bonds is 5. The SMILES string of the molecule is CCc1ccc(CCC(=O)Nc2ccc(C)nc2)cc1. The van der Waals surface area contributed by atoms with E-state index in [2.05, 4.69) is 41.5 Å². The first-order valence-corrected chi connectivity index (χ1v) is 6.97. The molecule has 1 heterocycles. The number of benzene rings is 1. The molecule has 3 heteroatoms. The molecular weight excluding hydrogens is 248 g/mol. The van der Waals surface area contributed by atoms with Crippen LogP contribution in [0.25, 0.3) is 0 Å². The highest BCUT2D eigenvalue weighted by atomic mass is 16.1. The molecule has 1 amide bonds. The third-order valence-corrected chi connectivity index (χ3v) is 3.27. The zero-order valence-corrected chi connectivity index (χ0v) is 12.0. The molecule has 1 N–H and O–H groups in total. The Kier molecular flexibility index (Phi) is 4.88. The molecule has 0 radical (unpaired) electrons. The molecule has 0 aliphatic rings. The third-order valence-electron chi connectivity index (χ3n) is 3.27. The number of anilines is 1. The predicted octanol–water partition coefficient (Wildman–Crippen LogP) is 3.52. The van der Waals surface area contributed by atoms with Gasteiger partial charge in [0.2, 0.25) is 5.91 Å². The maximum absolute atomic E-state index is 11.9. The second kappa shape index (κ2) is 6.85. The van der Waals surface area contributed by atoms with Crippen molar-refractivity contribution in [3.05, 3.63) is 59.4 Å². The lowest BCUT2D eigenvalue weighted by Gasteiger charge is -2.06. The fraction of sp³-hybridized carbons (Fsp3) is 0.294. The largest absolute Gasteiger partial charge is 0.325 e. The van der Waals surface area contributed by atoms with Crippen molar-refractivity contribution in [2.45, 2.75) is 33.1 Å². The van der Waals surface area contributed by atoms with Crippen molar-refractivity contribution >= 4 is 11.6 Å². The van der Waals surface area contributed by atoms with Crippen LogP contribution in [0.2, 0.25) is 0 Å². The van der Waals surface area contributed by atoms with Crippen LogP contribution >= 0.6 is 0 Å². The van der Waals surface area contributed by atoms with Crippen molar-refractivity contribution in [1.82, 2.24) is 4.98 Å². The van der Waals surface area contributed by atoms with Gasteiger partial charge in [-0.15, -0.1) is 0 Å². The first-order chi connectivity index (χ1) is 9.67. The molecule has 20 heavy (non-hydrogen) atoms. The maximum Gasteiger partial charge on any atom is 0.224 e. The first-order valence-electron chi connectivity index (χ1n) is 6.97. The second-order valence-corrected chi connectivity index (χ2v) is 4.91. The van der Waals surface area contributed by atoms with Gasteiger partial charge in [0, 0.05) is 12.1 Å². The zero-order chi connectivity index (χ0) is 14.4. The van der Waals surface area contributed by atoms with Gasteiger partial charge in [-0.1, -0.05) is 31.2 Å². The Morgan fingerprint density at radius 3 is 2.40 bits per heavy atom. The molecule has 0 aliphatic carbocycles. The van der Waals surface area contributed by atoms with Gasteiger partial charge in [0.15, 0.2) is 0 Å². The number of hydrogen-bond acceptors (Lipinski definition) is 2. The van der Waals surface area contributed by atoms with E-state index in [1.54, 1.807) is 6.20 Å². The van der Waals surface area contributed by atoms with E-state index in [1.165, 1.54) is 11.1 Å². The van der Waals surface area contributed by atoms with E-state index in [-0.39, 0.29) is 5.91 Å². The summed E-state index contributed by atoms with van der Waals surface area (Å²) in [5.41, 5.74) is 4.21. The van der Waals surface area contributed by atoms with Crippen molar-refractivity contribution in [1.29, 1.82) is 0 Å². The average molecular weight is 268 g/mol. The Morgan fingerprint density at radius 2 is 1.80 bits per heavy atom. The van der Waals surface area contributed by atoms with Crippen LogP contribution in [0.1, 0.15) is 30.2 Å². The second-order valence-electron chi connectivity index (χ2n) is 4.91. The highest BCUT2D eigenvalue weighted by molar-refractivity contribution is 5.90. The van der Waals surface area contributed by atoms with Crippen LogP contribution in [-0.2, 0) is 17.6 Å². The number of hydrogen-bond donors (Lipinski definition) is 1. The van der Waals surface area contributed by atoms with Crippen LogP contribution in [0.5, 0.6) is 0 Å². The van der Waals surface area contributed by atoms with Gasteiger partial charge in [-0.2, -0.15) is 0 Å². The average Bonchev–Trinajstić information content (AvgIpc) is 2.48. The van der Waals surface area contributed by atoms with Crippen LogP contribution in [0, 0.1) is 6.92 Å². The van der Waals surface area contributed by atoms with E-state index >= 15 is 0 Å². The van der Waals surface area contributed by atoms with Gasteiger partial charge >= 0.3 is 0 Å². The highest BCUT2D eigenvalue weighted by Gasteiger charge is 2.03. The van der Waals surface area contributed by atoms with Gasteiger partial charge in [-0.3, -0.25) is 9.78 Å². The van der Waals surface area contributed by atoms with Gasteiger partial charge < -0.3 is 5.32 Å². The van der Waals surface area contributed by atoms with E-state index < -0.39 is 0 Å². The summed E-state index contributed by atoms with van der Waals surface area (Å²) in [7, 11) is 0. The minimum Gasteiger partial charge on any atom is -0.325 e. The molecule has 1 aromatic carbocycles. The van der Waals surface area contributed by atoms with Gasteiger partial charge in [-0.05, 0) is 43.0 Å². The molecule has 0 aliphatic heterocycles. The molecule has 0 spiro atoms. The first kappa shape index (κ1) is 14.3. The summed E-state index contributed by atoms with van der Waals surface area (Å²) in [4.78, 5) is 16.0. The van der Waals surface area contributed by atoms with Gasteiger partial charge in [0.1, 0.15) is 0 Å². The quantitative estimate of drug-likeness (QED) is 0.901. The number of aromatic nitrogens is 1. The number of carbonyl (C=O) groups is 1. The van der Waals surface area contributed by atoms with E-state index in [9.17, 15) is 4.79 Å². The topological polar surface area (TPSA) is 42.0 Å². The Labute approximate surface area is 120 Å². The third kappa shape index (κ3) is 4.19. The van der Waals surface area contributed by atoms with Crippen LogP contribution in [0.3, 0.4) is 0 Å². The molecule has 3 nitrogen and oxygen atoms in total. The molecule has 0 fully saturated rings. The standard InChI is InChI=1S/C17H20N2O/c1-3-14-5-7-15(8-6-14)9-11-17(20)19-16-10-4-13(2)18-12-16/h4-8,10,12H,3,9,11H2,1-2H3,(H,19,20). The molecule has 2 rings (SSSR count). The summed E-state index contributed by atoms with van der Waals surface area (Å²) in [6, 6.07) is 12.2. The van der Waals surface area contributed by atoms with Gasteiger partial charge in [0.25, 0.3) is 0 Å². The fourth-order valence-corrected chi connectivity index (χ4v) is 1.96. The van der Waals surface area contributed by atoms with E-state index in [4.69, 9.17) is 0 Å². The Hall–Kier alpha value is -2.16. The normalized spacial score (nSPS) is 10.3. The van der Waals surface area contributed by atoms with Crippen LogP contribution in [-0.4, -0.2) is 10.9 Å². The molecule has 0 unspecified atom stereocenters. The highest BCUT2D eigenvalue weighted by Crippen LogP contribution is 2.09. The predicted molar refractivity (Wildman–Crippen MR) is 81.7 cm³/mol. The van der Waals surface area contributed by atoms with Crippen molar-refractivity contribution in [2.24, 2.45) is 0 Å². The lowest BCUT2D eigenvalue weighted by molar-refractivity contribution is -0.116. The Balaban J connectivity index is 1.83. The van der Waals surface area contributed by atoms with E-state index in [1.807, 2.05) is 19.1 Å². The van der Waals surface area contributed by atoms with Crippen LogP contribution in [0.15, 0.2) is 42.6 Å². The summed E-state index contributed by atoms with van der Waals surface area (Å²) < 4.78 is 0. The Bertz CT molecular complexity index is 559. The van der Waals surface area contributed by atoms with Crippen molar-refractivity contribution in [2.75, 3.05) is 5.32 Å². The molecule has 104 valence electrons. The van der Waals surface area contributed by atoms with Crippen molar-refractivity contribution in [3.63, 3.8) is 0 Å². The van der Waals surface area contributed by atoms with Crippen LogP contribution < -0.4 is 5.32 Å². The minimum absolute atomic E-state index is 0.0234. The summed E-state index contributed by atoms with van der Waals surface area (Å²) >= 11 is 0. The van der Waals surface area contributed by atoms with Gasteiger partial charge in [-0.25, -0.2) is 0 Å². The summed E-state index contributed by atoms with van der Waals surface area (Å²) in [5.74, 6) is 0.0234. The molecular formula is C17H20N2O. The minimum atomic E-state index is 0.0234. The lowest BCUT2D eigenvalue weighted by atomic mass is 10.1. The van der Waals surface area contributed by atoms with Gasteiger partial charge in [0.05, 0.1) is 11.9 Å². The number of amides is 1. The van der Waals surface area contributed by atoms with Crippen LogP contribution in [0.4, 0.5) is 5.69 Å². The molecule has 0 atom stereocenters. The number of aryl methyl sites for hydroxylation is 3. The zero-order valence-electron chi connectivity index (χ0n) is 12.0. The number of nitrogens with one attached hydrogen (secondary N) is 1. The fourth-order valence-electron chi connectivity index (χ4n) is 1.96. The number of carbonyl (C=O) groups excluding carboxylic acids is 1. The maximum atomic E-state index is 11.9. The molecule has 2 aromatic rings. The number of nitrogens with zero attached hydrogens (tertiary/aromatic N) is 1. The summed E-state index contributed by atoms with van der Waals surface area (Å²) in [6.07, 6.45) is 3.97. The monoisotopic (exact) mass is 268 g/mol. The summed E-state index contributed by atoms with van der Waals surface area (Å²) in [5, 5.41) is 2.86. The molecule has 0 saturated heterocycles. The van der Waals surface area contributed by atoms with E-state index in [0.717, 1.165) is 24.2 Å². The number of pyridine rings is 1. The van der Waals surface area contributed by atoms with E-state index in [0.29, 0.717) is 6.42 Å².